The van der Waals surface area contributed by atoms with E-state index in [2.05, 4.69) is 0 Å². The zero-order chi connectivity index (χ0) is 14.3. The van der Waals surface area contributed by atoms with Crippen molar-refractivity contribution >= 4 is 0 Å². The Bertz CT molecular complexity index is 164. The molecule has 0 aliphatic rings. The summed E-state index contributed by atoms with van der Waals surface area (Å²) in [7, 11) is 0. The van der Waals surface area contributed by atoms with Crippen molar-refractivity contribution in [2.24, 2.45) is 0 Å². The van der Waals surface area contributed by atoms with Crippen molar-refractivity contribution in [1.82, 2.24) is 0 Å². The van der Waals surface area contributed by atoms with E-state index in [9.17, 15) is 0 Å². The average molecular weight is 369 g/mol. The molecule has 0 bridgehead atoms. The van der Waals surface area contributed by atoms with Crippen LogP contribution in [0.4, 0.5) is 0 Å². The van der Waals surface area contributed by atoms with Gasteiger partial charge >= 0.3 is 36.5 Å². The first-order valence-corrected chi connectivity index (χ1v) is 2.19. The minimum atomic E-state index is -1.75. The summed E-state index contributed by atoms with van der Waals surface area (Å²) in [5, 5.41) is 59.0. The van der Waals surface area contributed by atoms with E-state index in [0.717, 1.165) is 0 Å². The first-order chi connectivity index (χ1) is 6.93. The van der Waals surface area contributed by atoms with E-state index in [1.54, 1.807) is 0 Å². The predicted octanol–water partition coefficient (Wildman–Crippen LogP) is -0.961. The third kappa shape index (κ3) is 552. The van der Waals surface area contributed by atoms with Gasteiger partial charge in [-0.15, -0.1) is 0 Å². The van der Waals surface area contributed by atoms with E-state index >= 15 is 0 Å². The van der Waals surface area contributed by atoms with Crippen LogP contribution in [-0.4, -0.2) is 20.3 Å². The SMILES string of the molecule is O=[N+]([O-])[O-].O=[N+]([O-])[O-].O=[N+]([O-])[O-].O=[N+]([O-])[O-].[Fe+2].[Zn+2]. The molecule has 0 heterocycles. The Morgan fingerprint density at radius 1 is 0.444 bits per heavy atom. The molecule has 0 radical (unpaired) electrons. The molecule has 16 nitrogen and oxygen atoms in total. The summed E-state index contributed by atoms with van der Waals surface area (Å²) in [5.74, 6) is 0. The molecule has 0 aliphatic carbocycles. The summed E-state index contributed by atoms with van der Waals surface area (Å²) in [4.78, 5) is 33.0. The molecule has 0 amide bonds. The molecular formula is FeN4O12Zn. The third-order valence-electron chi connectivity index (χ3n) is 0. The van der Waals surface area contributed by atoms with Crippen LogP contribution in [0.25, 0.3) is 0 Å². The summed E-state index contributed by atoms with van der Waals surface area (Å²) >= 11 is 0. The van der Waals surface area contributed by atoms with E-state index in [0.29, 0.717) is 0 Å². The second-order valence-electron chi connectivity index (χ2n) is 0.894. The van der Waals surface area contributed by atoms with Crippen molar-refractivity contribution in [2.45, 2.75) is 0 Å². The van der Waals surface area contributed by atoms with Crippen molar-refractivity contribution < 1.29 is 56.9 Å². The summed E-state index contributed by atoms with van der Waals surface area (Å²) in [6.45, 7) is 0. The molecule has 18 heavy (non-hydrogen) atoms. The zero-order valence-corrected chi connectivity index (χ0v) is 11.8. The van der Waals surface area contributed by atoms with Gasteiger partial charge in [-0.2, -0.15) is 0 Å². The quantitative estimate of drug-likeness (QED) is 0.283. The van der Waals surface area contributed by atoms with Crippen LogP contribution in [0.3, 0.4) is 0 Å². The fourth-order valence-corrected chi connectivity index (χ4v) is 0. The third-order valence-corrected chi connectivity index (χ3v) is 0. The van der Waals surface area contributed by atoms with Gasteiger partial charge in [0.05, 0.1) is 20.3 Å². The Kier molecular flexibility index (Phi) is 58.8. The van der Waals surface area contributed by atoms with Crippen molar-refractivity contribution in [1.29, 1.82) is 0 Å². The molecule has 0 aromatic heterocycles. The van der Waals surface area contributed by atoms with E-state index in [-0.39, 0.29) is 36.5 Å². The van der Waals surface area contributed by atoms with Gasteiger partial charge in [-0.05, 0) is 0 Å². The Morgan fingerprint density at radius 3 is 0.444 bits per heavy atom. The largest absolute Gasteiger partial charge is 2.00 e. The maximum atomic E-state index is 8.25. The standard InChI is InChI=1S/Fe.4NO3.Zn/c;4*2-1(3)4;/q+2;4*-1;+2. The Balaban J connectivity index is -0.0000000257. The number of hydrogen-bond donors (Lipinski definition) is 0. The summed E-state index contributed by atoms with van der Waals surface area (Å²) in [6, 6.07) is 0. The van der Waals surface area contributed by atoms with Crippen LogP contribution in [-0.2, 0) is 36.5 Å². The monoisotopic (exact) mass is 368 g/mol. The topological polar surface area (TPSA) is 265 Å². The van der Waals surface area contributed by atoms with Crippen LogP contribution in [0.2, 0.25) is 0 Å². The Labute approximate surface area is 118 Å². The molecule has 0 aromatic rings. The molecule has 0 N–H and O–H groups in total. The maximum absolute atomic E-state index is 8.25. The van der Waals surface area contributed by atoms with Crippen molar-refractivity contribution in [3.8, 4) is 0 Å². The molecule has 0 saturated carbocycles. The molecule has 0 rings (SSSR count). The van der Waals surface area contributed by atoms with E-state index in [1.165, 1.54) is 0 Å². The van der Waals surface area contributed by atoms with Crippen LogP contribution < -0.4 is 0 Å². The fourth-order valence-electron chi connectivity index (χ4n) is 0. The number of rotatable bonds is 0. The normalized spacial score (nSPS) is 5.33. The van der Waals surface area contributed by atoms with Crippen molar-refractivity contribution in [3.63, 3.8) is 0 Å². The molecule has 0 spiro atoms. The second kappa shape index (κ2) is 29.4. The molecule has 0 aromatic carbocycles. The molecule has 102 valence electrons. The van der Waals surface area contributed by atoms with Gasteiger partial charge in [0.15, 0.2) is 0 Å². The van der Waals surface area contributed by atoms with Gasteiger partial charge in [-0.25, -0.2) is 0 Å². The molecule has 0 atom stereocenters. The van der Waals surface area contributed by atoms with Crippen molar-refractivity contribution in [2.75, 3.05) is 0 Å². The van der Waals surface area contributed by atoms with Gasteiger partial charge in [-0.3, -0.25) is 0 Å². The van der Waals surface area contributed by atoms with Gasteiger partial charge in [0, 0.05) is 0 Å². The van der Waals surface area contributed by atoms with Crippen LogP contribution in [0.15, 0.2) is 0 Å². The Hall–Kier alpha value is -2.06. The van der Waals surface area contributed by atoms with Gasteiger partial charge in [0.25, 0.3) is 0 Å². The fraction of sp³-hybridized carbons (Fsp3) is 0. The van der Waals surface area contributed by atoms with E-state index in [1.807, 2.05) is 0 Å². The molecular weight excluding hydrogens is 369 g/mol. The molecule has 0 fully saturated rings. The minimum Gasteiger partial charge on any atom is -0.356 e. The number of nitrogens with zero attached hydrogens (tertiary/aromatic N) is 4. The van der Waals surface area contributed by atoms with Gasteiger partial charge in [-0.1, -0.05) is 0 Å². The zero-order valence-electron chi connectivity index (χ0n) is 7.75. The molecule has 18 heteroatoms. The summed E-state index contributed by atoms with van der Waals surface area (Å²) < 4.78 is 0. The summed E-state index contributed by atoms with van der Waals surface area (Å²) in [6.07, 6.45) is 0. The van der Waals surface area contributed by atoms with Gasteiger partial charge < -0.3 is 61.3 Å². The van der Waals surface area contributed by atoms with Crippen LogP contribution in [0, 0.1) is 61.3 Å². The number of hydrogen-bond acceptors (Lipinski definition) is 12. The average Bonchev–Trinajstić information content (AvgIpc) is 1.76. The minimum absolute atomic E-state index is 0. The maximum Gasteiger partial charge on any atom is 2.00 e. The summed E-state index contributed by atoms with van der Waals surface area (Å²) in [5.41, 5.74) is 0. The van der Waals surface area contributed by atoms with E-state index in [4.69, 9.17) is 61.3 Å². The smallest absolute Gasteiger partial charge is 0.356 e. The van der Waals surface area contributed by atoms with E-state index < -0.39 is 20.3 Å². The van der Waals surface area contributed by atoms with Crippen LogP contribution in [0.1, 0.15) is 0 Å². The molecule has 0 saturated heterocycles. The Morgan fingerprint density at radius 2 is 0.444 bits per heavy atom. The second-order valence-corrected chi connectivity index (χ2v) is 0.894. The van der Waals surface area contributed by atoms with Crippen molar-refractivity contribution in [3.05, 3.63) is 61.3 Å². The molecule has 0 unspecified atom stereocenters. The molecule has 0 aliphatic heterocycles. The first kappa shape index (κ1) is 36.0. The van der Waals surface area contributed by atoms with Gasteiger partial charge in [0.1, 0.15) is 0 Å². The van der Waals surface area contributed by atoms with Crippen LogP contribution >= 0.6 is 0 Å². The first-order valence-electron chi connectivity index (χ1n) is 2.19. The van der Waals surface area contributed by atoms with Gasteiger partial charge in [0.2, 0.25) is 0 Å². The predicted molar refractivity (Wildman–Crippen MR) is 41.4 cm³/mol. The van der Waals surface area contributed by atoms with Crippen LogP contribution in [0.5, 0.6) is 0 Å².